The molecule has 1 aliphatic carbocycles. The van der Waals surface area contributed by atoms with E-state index in [0.717, 1.165) is 24.9 Å². The van der Waals surface area contributed by atoms with Crippen LogP contribution < -0.4 is 0 Å². The maximum Gasteiger partial charge on any atom is 0.162 e. The van der Waals surface area contributed by atoms with E-state index >= 15 is 0 Å². The molecule has 0 saturated heterocycles. The van der Waals surface area contributed by atoms with Gasteiger partial charge >= 0.3 is 0 Å². The molecule has 4 rings (SSSR count). The molecule has 0 atom stereocenters. The van der Waals surface area contributed by atoms with Gasteiger partial charge in [0.15, 0.2) is 5.78 Å². The molecule has 3 aromatic rings. The third kappa shape index (κ3) is 2.70. The molecule has 3 heteroatoms. The van der Waals surface area contributed by atoms with Gasteiger partial charge in [-0.15, -0.1) is 0 Å². The first-order valence-corrected chi connectivity index (χ1v) is 8.01. The second-order valence-corrected chi connectivity index (χ2v) is 6.03. The summed E-state index contributed by atoms with van der Waals surface area (Å²) in [5.41, 5.74) is 6.04. The van der Waals surface area contributed by atoms with E-state index in [1.807, 2.05) is 16.8 Å². The van der Waals surface area contributed by atoms with Crippen LogP contribution in [0.15, 0.2) is 61.2 Å². The lowest BCUT2D eigenvalue weighted by Crippen LogP contribution is -2.03. The molecule has 114 valence electrons. The van der Waals surface area contributed by atoms with E-state index in [0.29, 0.717) is 6.42 Å². The lowest BCUT2D eigenvalue weighted by atomic mass is 10.00. The van der Waals surface area contributed by atoms with Crippen molar-refractivity contribution in [2.45, 2.75) is 25.8 Å². The van der Waals surface area contributed by atoms with E-state index in [9.17, 15) is 4.79 Å². The van der Waals surface area contributed by atoms with E-state index in [-0.39, 0.29) is 5.78 Å². The van der Waals surface area contributed by atoms with Gasteiger partial charge in [0, 0.05) is 30.9 Å². The number of aromatic nitrogens is 2. The Bertz CT molecular complexity index is 850. The van der Waals surface area contributed by atoms with Gasteiger partial charge in [0.25, 0.3) is 0 Å². The molecule has 0 amide bonds. The molecule has 0 saturated carbocycles. The number of rotatable bonds is 5. The number of benzene rings is 2. The normalized spacial score (nSPS) is 12.0. The van der Waals surface area contributed by atoms with E-state index in [1.165, 1.54) is 22.3 Å². The minimum absolute atomic E-state index is 0.226. The summed E-state index contributed by atoms with van der Waals surface area (Å²) in [7, 11) is 0. The van der Waals surface area contributed by atoms with Crippen molar-refractivity contribution in [2.75, 3.05) is 0 Å². The predicted molar refractivity (Wildman–Crippen MR) is 90.5 cm³/mol. The number of fused-ring (bicyclic) bond motifs is 3. The minimum atomic E-state index is 0.226. The zero-order valence-corrected chi connectivity index (χ0v) is 12.9. The molecule has 1 aromatic heterocycles. The zero-order chi connectivity index (χ0) is 15.6. The number of ketones is 1. The average Bonchev–Trinajstić information content (AvgIpc) is 3.21. The molecule has 1 heterocycles. The van der Waals surface area contributed by atoms with Crippen LogP contribution in [-0.2, 0) is 13.0 Å². The Labute approximate surface area is 135 Å². The standard InChI is InChI=1S/C20H18N2O/c23-20(6-3-10-22-11-9-21-14-22)16-7-8-19-17(13-16)12-15-4-1-2-5-18(15)19/h1-2,4-5,7-9,11,13-14H,3,6,10,12H2. The molecule has 23 heavy (non-hydrogen) atoms. The number of imidazole rings is 1. The number of hydrogen-bond donors (Lipinski definition) is 0. The number of nitrogens with zero attached hydrogens (tertiary/aromatic N) is 2. The summed E-state index contributed by atoms with van der Waals surface area (Å²) < 4.78 is 2.01. The number of Topliss-reactive ketones (excluding diaryl/α,β-unsaturated/α-hetero) is 1. The van der Waals surface area contributed by atoms with Crippen LogP contribution in [0, 0.1) is 0 Å². The van der Waals surface area contributed by atoms with Gasteiger partial charge in [0.2, 0.25) is 0 Å². The molecule has 0 bridgehead atoms. The monoisotopic (exact) mass is 302 g/mol. The van der Waals surface area contributed by atoms with Gasteiger partial charge in [-0.3, -0.25) is 4.79 Å². The van der Waals surface area contributed by atoms with Crippen molar-refractivity contribution in [3.05, 3.63) is 77.9 Å². The van der Waals surface area contributed by atoms with Gasteiger partial charge in [0.05, 0.1) is 6.33 Å². The molecular formula is C20H18N2O. The second kappa shape index (κ2) is 5.84. The van der Waals surface area contributed by atoms with Crippen molar-refractivity contribution in [3.63, 3.8) is 0 Å². The van der Waals surface area contributed by atoms with E-state index in [2.05, 4.69) is 41.4 Å². The van der Waals surface area contributed by atoms with Crippen LogP contribution in [0.25, 0.3) is 11.1 Å². The van der Waals surface area contributed by atoms with Crippen molar-refractivity contribution in [2.24, 2.45) is 0 Å². The molecule has 0 aliphatic heterocycles. The molecule has 1 aliphatic rings. The molecule has 0 N–H and O–H groups in total. The smallest absolute Gasteiger partial charge is 0.162 e. The zero-order valence-electron chi connectivity index (χ0n) is 12.9. The lowest BCUT2D eigenvalue weighted by Gasteiger charge is -2.05. The predicted octanol–water partition coefficient (Wildman–Crippen LogP) is 4.12. The van der Waals surface area contributed by atoms with Crippen LogP contribution >= 0.6 is 0 Å². The fraction of sp³-hybridized carbons (Fsp3) is 0.200. The van der Waals surface area contributed by atoms with E-state index in [4.69, 9.17) is 0 Å². The quantitative estimate of drug-likeness (QED) is 0.520. The topological polar surface area (TPSA) is 34.9 Å². The molecule has 0 spiro atoms. The number of carbonyl (C=O) groups excluding carboxylic acids is 1. The third-order valence-corrected chi connectivity index (χ3v) is 4.49. The summed E-state index contributed by atoms with van der Waals surface area (Å²) in [6.07, 6.45) is 7.83. The third-order valence-electron chi connectivity index (χ3n) is 4.49. The summed E-state index contributed by atoms with van der Waals surface area (Å²) in [6, 6.07) is 14.6. The van der Waals surface area contributed by atoms with Crippen LogP contribution in [0.1, 0.15) is 34.3 Å². The second-order valence-electron chi connectivity index (χ2n) is 6.03. The highest BCUT2D eigenvalue weighted by molar-refractivity contribution is 5.97. The average molecular weight is 302 g/mol. The van der Waals surface area contributed by atoms with E-state index in [1.54, 1.807) is 12.5 Å². The van der Waals surface area contributed by atoms with Crippen LogP contribution in [0.4, 0.5) is 0 Å². The summed E-state index contributed by atoms with van der Waals surface area (Å²) >= 11 is 0. The van der Waals surface area contributed by atoms with Gasteiger partial charge < -0.3 is 4.57 Å². The minimum Gasteiger partial charge on any atom is -0.337 e. The van der Waals surface area contributed by atoms with Crippen LogP contribution in [-0.4, -0.2) is 15.3 Å². The first-order chi connectivity index (χ1) is 11.3. The Hall–Kier alpha value is -2.68. The molecule has 2 aromatic carbocycles. The van der Waals surface area contributed by atoms with Crippen molar-refractivity contribution in [1.29, 1.82) is 0 Å². The van der Waals surface area contributed by atoms with Gasteiger partial charge in [-0.25, -0.2) is 4.98 Å². The van der Waals surface area contributed by atoms with Crippen LogP contribution in [0.5, 0.6) is 0 Å². The summed E-state index contributed by atoms with van der Waals surface area (Å²) in [5, 5.41) is 0. The summed E-state index contributed by atoms with van der Waals surface area (Å²) in [6.45, 7) is 0.835. The molecule has 0 fully saturated rings. The highest BCUT2D eigenvalue weighted by Gasteiger charge is 2.19. The Kier molecular flexibility index (Phi) is 3.54. The van der Waals surface area contributed by atoms with Crippen molar-refractivity contribution < 1.29 is 4.79 Å². The molecular weight excluding hydrogens is 284 g/mol. The number of hydrogen-bond acceptors (Lipinski definition) is 2. The largest absolute Gasteiger partial charge is 0.337 e. The summed E-state index contributed by atoms with van der Waals surface area (Å²) in [4.78, 5) is 16.4. The lowest BCUT2D eigenvalue weighted by molar-refractivity contribution is 0.0978. The van der Waals surface area contributed by atoms with E-state index < -0.39 is 0 Å². The van der Waals surface area contributed by atoms with Crippen molar-refractivity contribution >= 4 is 5.78 Å². The number of aryl methyl sites for hydroxylation is 1. The summed E-state index contributed by atoms with van der Waals surface area (Å²) in [5.74, 6) is 0.226. The SMILES string of the molecule is O=C(CCCn1ccnc1)c1ccc2c(c1)Cc1ccccc1-2. The van der Waals surface area contributed by atoms with Gasteiger partial charge in [-0.1, -0.05) is 36.4 Å². The van der Waals surface area contributed by atoms with Crippen LogP contribution in [0.3, 0.4) is 0 Å². The van der Waals surface area contributed by atoms with Gasteiger partial charge in [-0.2, -0.15) is 0 Å². The van der Waals surface area contributed by atoms with Crippen LogP contribution in [0.2, 0.25) is 0 Å². The maximum atomic E-state index is 12.4. The molecule has 0 unspecified atom stereocenters. The Morgan fingerprint density at radius 2 is 1.96 bits per heavy atom. The first kappa shape index (κ1) is 13.9. The highest BCUT2D eigenvalue weighted by atomic mass is 16.1. The fourth-order valence-electron chi connectivity index (χ4n) is 3.30. The maximum absolute atomic E-state index is 12.4. The van der Waals surface area contributed by atoms with Gasteiger partial charge in [0.1, 0.15) is 0 Å². The van der Waals surface area contributed by atoms with Gasteiger partial charge in [-0.05, 0) is 41.2 Å². The van der Waals surface area contributed by atoms with Crippen molar-refractivity contribution in [1.82, 2.24) is 9.55 Å². The van der Waals surface area contributed by atoms with Crippen molar-refractivity contribution in [3.8, 4) is 11.1 Å². The molecule has 0 radical (unpaired) electrons. The molecule has 3 nitrogen and oxygen atoms in total. The Morgan fingerprint density at radius 3 is 2.83 bits per heavy atom. The highest BCUT2D eigenvalue weighted by Crippen LogP contribution is 2.36. The first-order valence-electron chi connectivity index (χ1n) is 8.01. The fourth-order valence-corrected chi connectivity index (χ4v) is 3.30. The Morgan fingerprint density at radius 1 is 1.09 bits per heavy atom. The Balaban J connectivity index is 1.46. The number of carbonyl (C=O) groups is 1.